The molecule has 3 aromatic rings. The van der Waals surface area contributed by atoms with Crippen molar-refractivity contribution < 1.29 is 22.5 Å². The molecule has 1 atom stereocenters. The Hall–Kier alpha value is -2.87. The quantitative estimate of drug-likeness (QED) is 0.283. The molecule has 1 aromatic carbocycles. The van der Waals surface area contributed by atoms with Crippen LogP contribution in [0.3, 0.4) is 0 Å². The van der Waals surface area contributed by atoms with Crippen LogP contribution in [0.2, 0.25) is 0 Å². The molecule has 32 heavy (non-hydrogen) atoms. The molecule has 0 amide bonds. The lowest BCUT2D eigenvalue weighted by molar-refractivity contribution is -0.384. The van der Waals surface area contributed by atoms with E-state index in [-0.39, 0.29) is 21.7 Å². The minimum Gasteiger partial charge on any atom is -0.419 e. The normalized spacial score (nSPS) is 16.0. The maximum Gasteiger partial charge on any atom is 0.269 e. The summed E-state index contributed by atoms with van der Waals surface area (Å²) in [7, 11) is -3.60. The highest BCUT2D eigenvalue weighted by Gasteiger charge is 2.27. The van der Waals surface area contributed by atoms with Crippen LogP contribution >= 0.6 is 11.8 Å². The number of thioether (sulfide) groups is 1. The van der Waals surface area contributed by atoms with Gasteiger partial charge in [-0.15, -0.1) is 10.2 Å². The van der Waals surface area contributed by atoms with Crippen LogP contribution in [0.15, 0.2) is 56.9 Å². The largest absolute Gasteiger partial charge is 0.419 e. The fraction of sp³-hybridized carbons (Fsp3) is 0.316. The number of sulfonamides is 1. The minimum atomic E-state index is -3.60. The molecule has 1 aliphatic heterocycles. The summed E-state index contributed by atoms with van der Waals surface area (Å²) in [5, 5.41) is 19.2. The van der Waals surface area contributed by atoms with Gasteiger partial charge in [-0.05, 0) is 31.2 Å². The molecule has 0 saturated carbocycles. The van der Waals surface area contributed by atoms with Gasteiger partial charge in [0.15, 0.2) is 0 Å². The number of aromatic nitrogens is 3. The SMILES string of the molecule is CC(Sc1ccc(S(=O)(=O)N2CCOCC2)cn1)c1nnc(-c2ccc([N+](=O)[O-])cc2)o1. The van der Waals surface area contributed by atoms with E-state index < -0.39 is 14.9 Å². The number of nitrogens with zero attached hydrogens (tertiary/aromatic N) is 5. The lowest BCUT2D eigenvalue weighted by Gasteiger charge is -2.25. The van der Waals surface area contributed by atoms with E-state index in [1.165, 1.54) is 40.5 Å². The number of hydrogen-bond donors (Lipinski definition) is 0. The fourth-order valence-electron chi connectivity index (χ4n) is 3.00. The Kier molecular flexibility index (Phi) is 6.50. The van der Waals surface area contributed by atoms with Crippen molar-refractivity contribution in [1.82, 2.24) is 19.5 Å². The van der Waals surface area contributed by atoms with Crippen LogP contribution in [0.5, 0.6) is 0 Å². The van der Waals surface area contributed by atoms with Gasteiger partial charge in [-0.1, -0.05) is 11.8 Å². The number of benzene rings is 1. The van der Waals surface area contributed by atoms with Gasteiger partial charge in [0, 0.05) is 37.0 Å². The zero-order chi connectivity index (χ0) is 22.7. The van der Waals surface area contributed by atoms with Crippen molar-refractivity contribution in [2.24, 2.45) is 0 Å². The lowest BCUT2D eigenvalue weighted by Crippen LogP contribution is -2.40. The first kappa shape index (κ1) is 22.3. The summed E-state index contributed by atoms with van der Waals surface area (Å²) in [6.07, 6.45) is 1.34. The van der Waals surface area contributed by atoms with Gasteiger partial charge in [-0.2, -0.15) is 4.31 Å². The highest BCUT2D eigenvalue weighted by molar-refractivity contribution is 7.99. The first-order chi connectivity index (χ1) is 15.3. The van der Waals surface area contributed by atoms with Gasteiger partial charge < -0.3 is 9.15 Å². The predicted octanol–water partition coefficient (Wildman–Crippen LogP) is 2.91. The van der Waals surface area contributed by atoms with E-state index in [0.29, 0.717) is 42.8 Å². The summed E-state index contributed by atoms with van der Waals surface area (Å²) in [4.78, 5) is 14.7. The molecule has 1 unspecified atom stereocenters. The van der Waals surface area contributed by atoms with E-state index in [1.54, 1.807) is 18.2 Å². The third kappa shape index (κ3) is 4.80. The molecule has 13 heteroatoms. The number of morpholine rings is 1. The second kappa shape index (κ2) is 9.32. The van der Waals surface area contributed by atoms with Gasteiger partial charge in [-0.25, -0.2) is 13.4 Å². The van der Waals surface area contributed by atoms with Crippen LogP contribution in [0.4, 0.5) is 5.69 Å². The molecular formula is C19H19N5O6S2. The number of nitro benzene ring substituents is 1. The van der Waals surface area contributed by atoms with E-state index in [2.05, 4.69) is 15.2 Å². The Morgan fingerprint density at radius 3 is 2.47 bits per heavy atom. The van der Waals surface area contributed by atoms with E-state index in [1.807, 2.05) is 6.92 Å². The molecule has 3 heterocycles. The third-order valence-electron chi connectivity index (χ3n) is 4.73. The van der Waals surface area contributed by atoms with Crippen LogP contribution in [-0.2, 0) is 14.8 Å². The molecule has 0 N–H and O–H groups in total. The predicted molar refractivity (Wildman–Crippen MR) is 114 cm³/mol. The maximum atomic E-state index is 12.7. The van der Waals surface area contributed by atoms with Crippen LogP contribution in [0, 0.1) is 10.1 Å². The molecular weight excluding hydrogens is 458 g/mol. The van der Waals surface area contributed by atoms with E-state index in [9.17, 15) is 18.5 Å². The van der Waals surface area contributed by atoms with Crippen molar-refractivity contribution in [2.75, 3.05) is 26.3 Å². The first-order valence-corrected chi connectivity index (χ1v) is 12.0. The minimum absolute atomic E-state index is 0.0254. The Balaban J connectivity index is 1.43. The van der Waals surface area contributed by atoms with Crippen molar-refractivity contribution in [1.29, 1.82) is 0 Å². The van der Waals surface area contributed by atoms with Crippen LogP contribution in [-0.4, -0.2) is 59.1 Å². The summed E-state index contributed by atoms with van der Waals surface area (Å²) in [5.74, 6) is 0.609. The van der Waals surface area contributed by atoms with Crippen LogP contribution in [0.25, 0.3) is 11.5 Å². The molecule has 0 spiro atoms. The number of nitro groups is 1. The van der Waals surface area contributed by atoms with Crippen molar-refractivity contribution >= 4 is 27.5 Å². The van der Waals surface area contributed by atoms with E-state index in [4.69, 9.17) is 9.15 Å². The van der Waals surface area contributed by atoms with Crippen LogP contribution < -0.4 is 0 Å². The van der Waals surface area contributed by atoms with E-state index >= 15 is 0 Å². The second-order valence-electron chi connectivity index (χ2n) is 6.86. The zero-order valence-corrected chi connectivity index (χ0v) is 18.6. The highest BCUT2D eigenvalue weighted by atomic mass is 32.2. The van der Waals surface area contributed by atoms with Crippen LogP contribution in [0.1, 0.15) is 18.1 Å². The number of ether oxygens (including phenoxy) is 1. The van der Waals surface area contributed by atoms with Gasteiger partial charge in [0.25, 0.3) is 5.69 Å². The van der Waals surface area contributed by atoms with Gasteiger partial charge in [-0.3, -0.25) is 10.1 Å². The molecule has 0 radical (unpaired) electrons. The Labute approximate surface area is 188 Å². The van der Waals surface area contributed by atoms with E-state index in [0.717, 1.165) is 0 Å². The summed E-state index contributed by atoms with van der Waals surface area (Å²) in [5.41, 5.74) is 0.546. The van der Waals surface area contributed by atoms with Crippen molar-refractivity contribution in [2.45, 2.75) is 22.1 Å². The molecule has 2 aromatic heterocycles. The maximum absolute atomic E-state index is 12.7. The Morgan fingerprint density at radius 2 is 1.84 bits per heavy atom. The summed E-state index contributed by atoms with van der Waals surface area (Å²) >= 11 is 1.34. The van der Waals surface area contributed by atoms with Gasteiger partial charge in [0.1, 0.15) is 4.90 Å². The molecule has 1 aliphatic rings. The Bertz CT molecular complexity index is 1190. The molecule has 4 rings (SSSR count). The zero-order valence-electron chi connectivity index (χ0n) is 16.9. The van der Waals surface area contributed by atoms with Gasteiger partial charge in [0.2, 0.25) is 21.8 Å². The molecule has 168 valence electrons. The van der Waals surface area contributed by atoms with Gasteiger partial charge in [0.05, 0.1) is 28.4 Å². The van der Waals surface area contributed by atoms with Crippen molar-refractivity contribution in [3.05, 3.63) is 58.6 Å². The summed E-state index contributed by atoms with van der Waals surface area (Å²) in [6.45, 7) is 3.26. The third-order valence-corrected chi connectivity index (χ3v) is 7.65. The Morgan fingerprint density at radius 1 is 1.12 bits per heavy atom. The fourth-order valence-corrected chi connectivity index (χ4v) is 5.17. The number of rotatable bonds is 7. The first-order valence-electron chi connectivity index (χ1n) is 9.63. The highest BCUT2D eigenvalue weighted by Crippen LogP contribution is 2.34. The molecule has 0 bridgehead atoms. The topological polar surface area (TPSA) is 142 Å². The average molecular weight is 478 g/mol. The summed E-state index contributed by atoms with van der Waals surface area (Å²) < 4.78 is 37.7. The molecule has 1 saturated heterocycles. The standard InChI is InChI=1S/C19H19N5O6S2/c1-13(18-21-22-19(30-18)14-2-4-15(5-3-14)24(25)26)31-17-7-6-16(12-20-17)32(27,28)23-8-10-29-11-9-23/h2-7,12-13H,8-11H2,1H3. The number of pyridine rings is 1. The smallest absolute Gasteiger partial charge is 0.269 e. The molecule has 0 aliphatic carbocycles. The second-order valence-corrected chi connectivity index (χ2v) is 10.2. The molecule has 11 nitrogen and oxygen atoms in total. The number of hydrogen-bond acceptors (Lipinski definition) is 10. The van der Waals surface area contributed by atoms with Crippen molar-refractivity contribution in [3.63, 3.8) is 0 Å². The van der Waals surface area contributed by atoms with Crippen molar-refractivity contribution in [3.8, 4) is 11.5 Å². The summed E-state index contributed by atoms with van der Waals surface area (Å²) in [6, 6.07) is 9.00. The van der Waals surface area contributed by atoms with Gasteiger partial charge >= 0.3 is 0 Å². The number of non-ortho nitro benzene ring substituents is 1. The molecule has 1 fully saturated rings. The lowest BCUT2D eigenvalue weighted by atomic mass is 10.2. The average Bonchev–Trinajstić information content (AvgIpc) is 3.31. The monoisotopic (exact) mass is 477 g/mol.